The van der Waals surface area contributed by atoms with E-state index in [0.717, 1.165) is 17.9 Å². The Labute approximate surface area is 116 Å². The molecule has 0 aliphatic carbocycles. The van der Waals surface area contributed by atoms with Crippen molar-refractivity contribution >= 4 is 5.97 Å². The highest BCUT2D eigenvalue weighted by atomic mass is 16.4. The molecule has 8 nitrogen and oxygen atoms in total. The van der Waals surface area contributed by atoms with Gasteiger partial charge in [0.1, 0.15) is 6.04 Å². The Balaban J connectivity index is 2.07. The molecule has 2 aromatic heterocycles. The van der Waals surface area contributed by atoms with Crippen LogP contribution in [0.2, 0.25) is 0 Å². The Morgan fingerprint density at radius 1 is 1.55 bits per heavy atom. The molecule has 0 aromatic carbocycles. The van der Waals surface area contributed by atoms with Crippen molar-refractivity contribution in [1.82, 2.24) is 24.8 Å². The maximum absolute atomic E-state index is 10.7. The van der Waals surface area contributed by atoms with E-state index >= 15 is 0 Å². The highest BCUT2D eigenvalue weighted by Gasteiger charge is 2.15. The third-order valence-electron chi connectivity index (χ3n) is 2.94. The number of carboxylic acid groups (broad SMARTS) is 1. The molecule has 0 fully saturated rings. The molecule has 0 saturated carbocycles. The molecule has 2 heterocycles. The van der Waals surface area contributed by atoms with E-state index in [2.05, 4.69) is 15.4 Å². The third-order valence-corrected chi connectivity index (χ3v) is 2.94. The van der Waals surface area contributed by atoms with E-state index < -0.39 is 12.0 Å². The molecule has 0 spiro atoms. The van der Waals surface area contributed by atoms with Crippen LogP contribution >= 0.6 is 0 Å². The minimum absolute atomic E-state index is 0.168. The first-order valence-electron chi connectivity index (χ1n) is 6.40. The van der Waals surface area contributed by atoms with Crippen molar-refractivity contribution in [2.45, 2.75) is 39.4 Å². The number of nitrogens with zero attached hydrogens (tertiary/aromatic N) is 5. The average molecular weight is 278 g/mol. The summed E-state index contributed by atoms with van der Waals surface area (Å²) in [6.07, 6.45) is 1.88. The van der Waals surface area contributed by atoms with Crippen LogP contribution in [0.1, 0.15) is 24.0 Å². The highest BCUT2D eigenvalue weighted by molar-refractivity contribution is 5.73. The van der Waals surface area contributed by atoms with Crippen molar-refractivity contribution < 1.29 is 9.90 Å². The second-order valence-corrected chi connectivity index (χ2v) is 4.65. The van der Waals surface area contributed by atoms with Gasteiger partial charge in [0, 0.05) is 19.2 Å². The second-order valence-electron chi connectivity index (χ2n) is 4.65. The van der Waals surface area contributed by atoms with Gasteiger partial charge in [-0.15, -0.1) is 5.10 Å². The average Bonchev–Trinajstić information content (AvgIpc) is 2.96. The third kappa shape index (κ3) is 3.21. The zero-order chi connectivity index (χ0) is 14.7. The number of hydrogen-bond acceptors (Lipinski definition) is 5. The van der Waals surface area contributed by atoms with Gasteiger partial charge in [0.05, 0.1) is 23.6 Å². The smallest absolute Gasteiger partial charge is 0.320 e. The number of rotatable bonds is 6. The highest BCUT2D eigenvalue weighted by Crippen LogP contribution is 2.06. The lowest BCUT2D eigenvalue weighted by molar-refractivity contribution is -0.138. The van der Waals surface area contributed by atoms with Crippen LogP contribution < -0.4 is 5.73 Å². The van der Waals surface area contributed by atoms with Gasteiger partial charge in [0.2, 0.25) is 0 Å². The normalized spacial score (nSPS) is 12.6. The molecule has 0 radical (unpaired) electrons. The van der Waals surface area contributed by atoms with Crippen LogP contribution in [0.5, 0.6) is 0 Å². The number of aromatic nitrogens is 5. The van der Waals surface area contributed by atoms with Crippen LogP contribution in [0.25, 0.3) is 0 Å². The van der Waals surface area contributed by atoms with E-state index in [1.54, 1.807) is 10.9 Å². The molecule has 8 heteroatoms. The van der Waals surface area contributed by atoms with Crippen molar-refractivity contribution in [3.63, 3.8) is 0 Å². The first kappa shape index (κ1) is 14.2. The van der Waals surface area contributed by atoms with Gasteiger partial charge in [-0.3, -0.25) is 9.48 Å². The van der Waals surface area contributed by atoms with Gasteiger partial charge < -0.3 is 10.8 Å². The number of nitrogens with two attached hydrogens (primary N) is 1. The van der Waals surface area contributed by atoms with Crippen LogP contribution in [0.3, 0.4) is 0 Å². The summed E-state index contributed by atoms with van der Waals surface area (Å²) in [7, 11) is 0. The van der Waals surface area contributed by atoms with Gasteiger partial charge in [0.15, 0.2) is 0 Å². The number of hydrogen-bond donors (Lipinski definition) is 2. The molecule has 2 rings (SSSR count). The topological polar surface area (TPSA) is 112 Å². The molecule has 3 N–H and O–H groups in total. The summed E-state index contributed by atoms with van der Waals surface area (Å²) in [5.41, 5.74) is 8.02. The predicted molar refractivity (Wildman–Crippen MR) is 71.1 cm³/mol. The largest absolute Gasteiger partial charge is 0.480 e. The molecule has 20 heavy (non-hydrogen) atoms. The van der Waals surface area contributed by atoms with Gasteiger partial charge in [0.25, 0.3) is 0 Å². The van der Waals surface area contributed by atoms with Gasteiger partial charge in [-0.2, -0.15) is 5.10 Å². The van der Waals surface area contributed by atoms with Crippen LogP contribution in [0, 0.1) is 6.92 Å². The lowest BCUT2D eigenvalue weighted by Gasteiger charge is -2.04. The van der Waals surface area contributed by atoms with Crippen LogP contribution in [-0.4, -0.2) is 41.9 Å². The summed E-state index contributed by atoms with van der Waals surface area (Å²) in [5, 5.41) is 21.0. The van der Waals surface area contributed by atoms with Gasteiger partial charge >= 0.3 is 5.97 Å². The van der Waals surface area contributed by atoms with Crippen molar-refractivity contribution in [2.24, 2.45) is 5.73 Å². The molecule has 108 valence electrons. The zero-order valence-electron chi connectivity index (χ0n) is 11.5. The Bertz CT molecular complexity index is 603. The van der Waals surface area contributed by atoms with Crippen molar-refractivity contribution in [3.05, 3.63) is 29.3 Å². The van der Waals surface area contributed by atoms with Gasteiger partial charge in [-0.05, 0) is 19.9 Å². The predicted octanol–water partition coefficient (Wildman–Crippen LogP) is -0.194. The Morgan fingerprint density at radius 2 is 2.30 bits per heavy atom. The minimum atomic E-state index is -1.04. The molecule has 0 saturated heterocycles. The Morgan fingerprint density at radius 3 is 2.95 bits per heavy atom. The lowest BCUT2D eigenvalue weighted by atomic mass is 10.2. The maximum Gasteiger partial charge on any atom is 0.320 e. The molecule has 2 aromatic rings. The van der Waals surface area contributed by atoms with Gasteiger partial charge in [-0.1, -0.05) is 5.21 Å². The summed E-state index contributed by atoms with van der Waals surface area (Å²) in [4.78, 5) is 10.7. The summed E-state index contributed by atoms with van der Waals surface area (Å²) < 4.78 is 3.56. The standard InChI is InChI=1S/C12H18N6O2/c1-3-18-10(4-8(2)15-18)7-17-6-9(14-16-17)5-11(13)12(19)20/h4,6,11H,3,5,7,13H2,1-2H3,(H,19,20). The fraction of sp³-hybridized carbons (Fsp3) is 0.500. The summed E-state index contributed by atoms with van der Waals surface area (Å²) >= 11 is 0. The van der Waals surface area contributed by atoms with Gasteiger partial charge in [-0.25, -0.2) is 4.68 Å². The molecule has 0 amide bonds. The molecule has 1 unspecified atom stereocenters. The number of carbonyl (C=O) groups is 1. The SMILES string of the molecule is CCn1nc(C)cc1Cn1cc(CC(N)C(=O)O)nn1. The fourth-order valence-electron chi connectivity index (χ4n) is 1.99. The van der Waals surface area contributed by atoms with Crippen molar-refractivity contribution in [1.29, 1.82) is 0 Å². The van der Waals surface area contributed by atoms with E-state index in [9.17, 15) is 4.79 Å². The van der Waals surface area contributed by atoms with E-state index in [-0.39, 0.29) is 6.42 Å². The molecule has 0 aliphatic rings. The summed E-state index contributed by atoms with van der Waals surface area (Å²) in [6.45, 7) is 5.29. The first-order valence-corrected chi connectivity index (χ1v) is 6.40. The molecule has 0 bridgehead atoms. The van der Waals surface area contributed by atoms with Crippen LogP contribution in [-0.2, 0) is 24.3 Å². The first-order chi connectivity index (χ1) is 9.49. The minimum Gasteiger partial charge on any atom is -0.480 e. The fourth-order valence-corrected chi connectivity index (χ4v) is 1.99. The van der Waals surface area contributed by atoms with E-state index in [4.69, 9.17) is 10.8 Å². The zero-order valence-corrected chi connectivity index (χ0v) is 11.5. The van der Waals surface area contributed by atoms with E-state index in [1.807, 2.05) is 24.6 Å². The quantitative estimate of drug-likeness (QED) is 0.757. The van der Waals surface area contributed by atoms with Crippen molar-refractivity contribution in [3.8, 4) is 0 Å². The van der Waals surface area contributed by atoms with Crippen molar-refractivity contribution in [2.75, 3.05) is 0 Å². The molecule has 1 atom stereocenters. The van der Waals surface area contributed by atoms with Crippen LogP contribution in [0.4, 0.5) is 0 Å². The second kappa shape index (κ2) is 5.83. The van der Waals surface area contributed by atoms with E-state index in [1.165, 1.54) is 0 Å². The summed E-state index contributed by atoms with van der Waals surface area (Å²) in [5.74, 6) is -1.04. The summed E-state index contributed by atoms with van der Waals surface area (Å²) in [6, 6.07) is 1.04. The number of aryl methyl sites for hydroxylation is 2. The van der Waals surface area contributed by atoms with E-state index in [0.29, 0.717) is 12.2 Å². The Kier molecular flexibility index (Phi) is 4.14. The van der Waals surface area contributed by atoms with Crippen LogP contribution in [0.15, 0.2) is 12.3 Å². The number of aliphatic carboxylic acids is 1. The molecular weight excluding hydrogens is 260 g/mol. The molecule has 0 aliphatic heterocycles. The lowest BCUT2D eigenvalue weighted by Crippen LogP contribution is -2.32. The Hall–Kier alpha value is -2.22. The monoisotopic (exact) mass is 278 g/mol. The maximum atomic E-state index is 10.7. The molecular formula is C12H18N6O2. The number of carboxylic acids is 1.